The van der Waals surface area contributed by atoms with Crippen LogP contribution in [0.1, 0.15) is 40.4 Å². The number of aromatic hydroxyl groups is 1. The van der Waals surface area contributed by atoms with E-state index in [9.17, 15) is 32.3 Å². The average Bonchev–Trinajstić information content (AvgIpc) is 3.66. The van der Waals surface area contributed by atoms with Gasteiger partial charge in [-0.25, -0.2) is 9.18 Å². The van der Waals surface area contributed by atoms with E-state index < -0.39 is 24.1 Å². The molecule has 8 nitrogen and oxygen atoms in total. The second kappa shape index (κ2) is 10.7. The number of nitrogens with one attached hydrogen (secondary N) is 2. The van der Waals surface area contributed by atoms with E-state index >= 15 is 0 Å². The number of hydrogen-bond acceptors (Lipinski definition) is 5. The summed E-state index contributed by atoms with van der Waals surface area (Å²) in [5.41, 5.74) is 2.32. The molecule has 3 aromatic carbocycles. The van der Waals surface area contributed by atoms with Crippen molar-refractivity contribution in [2.45, 2.75) is 31.7 Å². The van der Waals surface area contributed by atoms with Gasteiger partial charge in [0.25, 0.3) is 5.91 Å². The molecule has 4 aromatic rings. The first-order chi connectivity index (χ1) is 19.1. The minimum absolute atomic E-state index is 0.0854. The van der Waals surface area contributed by atoms with Crippen molar-refractivity contribution in [2.75, 3.05) is 5.32 Å². The van der Waals surface area contributed by atoms with Crippen LogP contribution in [0, 0.1) is 5.82 Å². The number of carbonyl (C=O) groups excluding carboxylic acids is 2. The zero-order valence-corrected chi connectivity index (χ0v) is 20.7. The number of phenolic OH excluding ortho intramolecular Hbond substituents is 1. The van der Waals surface area contributed by atoms with Gasteiger partial charge < -0.3 is 20.5 Å². The van der Waals surface area contributed by atoms with Crippen LogP contribution in [0.25, 0.3) is 11.3 Å². The Kier molecular flexibility index (Phi) is 7.16. The number of rotatable bonds is 7. The van der Waals surface area contributed by atoms with Crippen molar-refractivity contribution in [3.63, 3.8) is 0 Å². The quantitative estimate of drug-likeness (QED) is 0.187. The lowest BCUT2D eigenvalue weighted by molar-refractivity contribution is -0.274. The summed E-state index contributed by atoms with van der Waals surface area (Å²) >= 11 is 0. The molecule has 1 fully saturated rings. The molecule has 5 rings (SSSR count). The molecule has 2 amide bonds. The van der Waals surface area contributed by atoms with Gasteiger partial charge in [-0.3, -0.25) is 4.79 Å². The van der Waals surface area contributed by atoms with Gasteiger partial charge in [0.15, 0.2) is 0 Å². The average molecular weight is 555 g/mol. The highest BCUT2D eigenvalue weighted by molar-refractivity contribution is 6.04. The van der Waals surface area contributed by atoms with Crippen molar-refractivity contribution in [1.29, 1.82) is 0 Å². The topological polar surface area (TPSA) is 105 Å². The molecule has 0 saturated heterocycles. The maximum Gasteiger partial charge on any atom is 0.573 e. The highest BCUT2D eigenvalue weighted by Gasteiger charge is 2.32. The molecule has 0 spiro atoms. The van der Waals surface area contributed by atoms with Crippen LogP contribution >= 0.6 is 0 Å². The van der Waals surface area contributed by atoms with Crippen molar-refractivity contribution in [1.82, 2.24) is 15.1 Å². The van der Waals surface area contributed by atoms with Crippen molar-refractivity contribution in [2.24, 2.45) is 0 Å². The predicted octanol–water partition coefficient (Wildman–Crippen LogP) is 6.18. The number of carbonyl (C=O) groups is 2. The Morgan fingerprint density at radius 3 is 2.35 bits per heavy atom. The van der Waals surface area contributed by atoms with Gasteiger partial charge in [0.2, 0.25) is 0 Å². The van der Waals surface area contributed by atoms with Crippen LogP contribution in [0.3, 0.4) is 0 Å². The Bertz CT molecular complexity index is 1550. The van der Waals surface area contributed by atoms with Gasteiger partial charge >= 0.3 is 12.4 Å². The lowest BCUT2D eigenvalue weighted by atomic mass is 10.1. The molecule has 206 valence electrons. The van der Waals surface area contributed by atoms with Gasteiger partial charge in [-0.15, -0.1) is 13.2 Å². The lowest BCUT2D eigenvalue weighted by Gasteiger charge is -2.10. The Hall–Kier alpha value is -4.87. The molecule has 0 bridgehead atoms. The van der Waals surface area contributed by atoms with Crippen LogP contribution in [-0.4, -0.2) is 33.2 Å². The maximum absolute atomic E-state index is 13.2. The van der Waals surface area contributed by atoms with E-state index in [1.54, 1.807) is 18.2 Å². The van der Waals surface area contributed by atoms with Crippen LogP contribution < -0.4 is 15.4 Å². The molecule has 0 unspecified atom stereocenters. The van der Waals surface area contributed by atoms with E-state index in [1.165, 1.54) is 47.1 Å². The van der Waals surface area contributed by atoms with Gasteiger partial charge in [-0.1, -0.05) is 12.1 Å². The number of halogens is 4. The molecule has 1 aliphatic carbocycles. The third-order valence-electron chi connectivity index (χ3n) is 6.16. The van der Waals surface area contributed by atoms with Crippen molar-refractivity contribution >= 4 is 17.6 Å². The van der Waals surface area contributed by atoms with E-state index in [1.807, 2.05) is 0 Å². The summed E-state index contributed by atoms with van der Waals surface area (Å²) in [6.07, 6.45) is -3.08. The zero-order valence-electron chi connectivity index (χ0n) is 20.7. The van der Waals surface area contributed by atoms with Crippen LogP contribution in [-0.2, 0) is 6.54 Å². The largest absolute Gasteiger partial charge is 0.573 e. The van der Waals surface area contributed by atoms with Crippen LogP contribution in [0.5, 0.6) is 11.5 Å². The van der Waals surface area contributed by atoms with Gasteiger partial charge in [0.1, 0.15) is 17.3 Å². The van der Waals surface area contributed by atoms with Gasteiger partial charge in [-0.2, -0.15) is 9.78 Å². The fraction of sp³-hybridized carbons (Fsp3) is 0.179. The monoisotopic (exact) mass is 554 g/mol. The summed E-state index contributed by atoms with van der Waals surface area (Å²) in [5.74, 6) is -1.44. The summed E-state index contributed by atoms with van der Waals surface area (Å²) in [5, 5.41) is 20.3. The van der Waals surface area contributed by atoms with Crippen molar-refractivity contribution < 1.29 is 37.0 Å². The van der Waals surface area contributed by atoms with Crippen molar-refractivity contribution in [3.05, 3.63) is 95.4 Å². The second-order valence-electron chi connectivity index (χ2n) is 9.18. The zero-order chi connectivity index (χ0) is 28.4. The molecule has 1 heterocycles. The van der Waals surface area contributed by atoms with Crippen LogP contribution in [0.4, 0.5) is 28.0 Å². The third-order valence-corrected chi connectivity index (χ3v) is 6.16. The summed E-state index contributed by atoms with van der Waals surface area (Å²) in [6.45, 7) is 0.161. The highest BCUT2D eigenvalue weighted by Crippen LogP contribution is 2.42. The molecule has 40 heavy (non-hydrogen) atoms. The Morgan fingerprint density at radius 2 is 1.70 bits per heavy atom. The lowest BCUT2D eigenvalue weighted by Crippen LogP contribution is -2.30. The molecule has 1 aromatic heterocycles. The standard InChI is InChI=1S/C28H22F4N4O4/c29-19-7-1-16(2-8-19)15-33-27(39)36-24(17-3-4-17)14-23(35-36)22-13-20(9-12-25(22)37)34-26(38)18-5-10-21(11-6-18)40-28(30,31)32/h1-2,5-14,17,37H,3-4,15H2,(H,33,39)(H,34,38). The minimum Gasteiger partial charge on any atom is -0.507 e. The maximum atomic E-state index is 13.2. The first-order valence-corrected chi connectivity index (χ1v) is 12.2. The first kappa shape index (κ1) is 26.7. The van der Waals surface area contributed by atoms with Crippen molar-refractivity contribution in [3.8, 4) is 22.8 Å². The second-order valence-corrected chi connectivity index (χ2v) is 9.18. The number of ether oxygens (including phenoxy) is 1. The number of amides is 2. The number of benzene rings is 3. The fourth-order valence-electron chi connectivity index (χ4n) is 4.04. The summed E-state index contributed by atoms with van der Waals surface area (Å²) in [7, 11) is 0. The number of hydrogen-bond donors (Lipinski definition) is 3. The van der Waals surface area contributed by atoms with Gasteiger partial charge in [0.05, 0.1) is 11.4 Å². The molecule has 0 atom stereocenters. The van der Waals surface area contributed by atoms with E-state index in [-0.39, 0.29) is 40.8 Å². The van der Waals surface area contributed by atoms with Crippen LogP contribution in [0.2, 0.25) is 0 Å². The summed E-state index contributed by atoms with van der Waals surface area (Å²) in [6, 6.07) is 15.7. The van der Waals surface area contributed by atoms with E-state index in [0.717, 1.165) is 25.0 Å². The van der Waals surface area contributed by atoms with Gasteiger partial charge in [-0.05, 0) is 79.1 Å². The normalized spacial score (nSPS) is 13.1. The Labute approximate surface area is 225 Å². The molecule has 12 heteroatoms. The molecule has 1 aliphatic rings. The smallest absolute Gasteiger partial charge is 0.507 e. The Morgan fingerprint density at radius 1 is 1.00 bits per heavy atom. The minimum atomic E-state index is -4.85. The summed E-state index contributed by atoms with van der Waals surface area (Å²) in [4.78, 5) is 25.6. The highest BCUT2D eigenvalue weighted by atomic mass is 19.4. The number of alkyl halides is 3. The SMILES string of the molecule is O=C(Nc1ccc(O)c(-c2cc(C3CC3)n(C(=O)NCc3ccc(F)cc3)n2)c1)c1ccc(OC(F)(F)F)cc1. The van der Waals surface area contributed by atoms with E-state index in [4.69, 9.17) is 0 Å². The van der Waals surface area contributed by atoms with E-state index in [0.29, 0.717) is 17.0 Å². The summed E-state index contributed by atoms with van der Waals surface area (Å²) < 4.78 is 55.3. The third kappa shape index (κ3) is 6.40. The molecular formula is C28H22F4N4O4. The fourth-order valence-corrected chi connectivity index (χ4v) is 4.04. The number of phenols is 1. The predicted molar refractivity (Wildman–Crippen MR) is 136 cm³/mol. The Balaban J connectivity index is 1.33. The molecule has 0 radical (unpaired) electrons. The number of aromatic nitrogens is 2. The molecular weight excluding hydrogens is 532 g/mol. The molecule has 1 saturated carbocycles. The first-order valence-electron chi connectivity index (χ1n) is 12.2. The molecule has 0 aliphatic heterocycles. The van der Waals surface area contributed by atoms with E-state index in [2.05, 4.69) is 20.5 Å². The number of nitrogens with zero attached hydrogens (tertiary/aromatic N) is 2. The van der Waals surface area contributed by atoms with Gasteiger partial charge in [0, 0.05) is 29.3 Å². The van der Waals surface area contributed by atoms with Crippen LogP contribution in [0.15, 0.2) is 72.8 Å². The molecule has 3 N–H and O–H groups in total. The number of anilines is 1.